The van der Waals surface area contributed by atoms with Crippen molar-refractivity contribution in [3.8, 4) is 46.0 Å². The molecule has 0 fully saturated rings. The number of hydrogen-bond donors (Lipinski definition) is 2. The fourth-order valence-corrected chi connectivity index (χ4v) is 12.7. The van der Waals surface area contributed by atoms with Gasteiger partial charge in [0.2, 0.25) is 0 Å². The Morgan fingerprint density at radius 1 is 0.162 bits per heavy atom. The van der Waals surface area contributed by atoms with Gasteiger partial charge in [-0.2, -0.15) is 0 Å². The third-order valence-electron chi connectivity index (χ3n) is 19.4. The predicted octanol–water partition coefficient (Wildman–Crippen LogP) is 22.5. The Kier molecular flexibility index (Phi) is 54.0. The van der Waals surface area contributed by atoms with E-state index >= 15 is 0 Å². The van der Waals surface area contributed by atoms with Gasteiger partial charge in [0, 0.05) is 48.7 Å². The number of rotatable bonds is 0. The molecule has 0 amide bonds. The number of halogens is 12. The van der Waals surface area contributed by atoms with Gasteiger partial charge in [0.1, 0.15) is 79.0 Å². The van der Waals surface area contributed by atoms with Crippen molar-refractivity contribution in [2.45, 2.75) is 130 Å². The maximum Gasteiger partial charge on any atom is 0.161 e. The number of fused-ring (bicyclic) bond motifs is 4. The van der Waals surface area contributed by atoms with Crippen LogP contribution in [0.25, 0.3) is 0 Å². The molecule has 0 aliphatic carbocycles. The predicted molar refractivity (Wildman–Crippen MR) is 500 cm³/mol. The van der Waals surface area contributed by atoms with Gasteiger partial charge in [0.25, 0.3) is 0 Å². The van der Waals surface area contributed by atoms with Crippen LogP contribution in [0.3, 0.4) is 0 Å². The summed E-state index contributed by atoms with van der Waals surface area (Å²) in [6.45, 7) is 20.9. The maximum absolute atomic E-state index is 10.7. The second-order valence-corrected chi connectivity index (χ2v) is 35.0. The monoisotopic (exact) mass is 1970 g/mol. The Bertz CT molecular complexity index is 3810. The van der Waals surface area contributed by atoms with Crippen LogP contribution in [0.2, 0.25) is 0 Å². The van der Waals surface area contributed by atoms with E-state index in [9.17, 15) is 50.4 Å². The van der Waals surface area contributed by atoms with Gasteiger partial charge >= 0.3 is 66.0 Å². The molecule has 0 atom stereocenters. The molecule has 9 heterocycles. The van der Waals surface area contributed by atoms with Gasteiger partial charge in [-0.25, -0.2) is 0 Å². The first-order valence-corrected chi connectivity index (χ1v) is 50.3. The Morgan fingerprint density at radius 3 is 0.456 bits per heavy atom. The van der Waals surface area contributed by atoms with Gasteiger partial charge in [0.05, 0.1) is 132 Å². The SMILES string of the molecule is C1=C/CCCCOCc2ccc(cc2)C[NH2+]Cc2ccc(cc2)COCCCC/C=C/CCCCOCc2ccc(cc2)C[NH2+]Cc2ccc(cc2)COCCCC/1.F[P-](F)(F)(F)(F)F.F[P-](F)(F)(F)(F)F.c1ccc2c(c1)OCCOCCOCCOc1ccccc1OCCOCCOCCO2.c1ccc2c(c1)OCCOCCOCCOc1ccccc1OCCOCCOCCO2. The molecule has 36 heteroatoms. The van der Waals surface area contributed by atoms with E-state index in [1.54, 1.807) is 0 Å². The van der Waals surface area contributed by atoms with Crippen LogP contribution in [0.1, 0.15) is 122 Å². The summed E-state index contributed by atoms with van der Waals surface area (Å²) in [5, 5.41) is 4.73. The van der Waals surface area contributed by atoms with Crippen molar-refractivity contribution in [1.29, 1.82) is 0 Å². The van der Waals surface area contributed by atoms with Crippen molar-refractivity contribution >= 4 is 15.6 Å². The number of ether oxygens (including phenoxy) is 20. The van der Waals surface area contributed by atoms with Crippen LogP contribution in [0.4, 0.5) is 50.4 Å². The van der Waals surface area contributed by atoms with Crippen LogP contribution < -0.4 is 48.5 Å². The van der Waals surface area contributed by atoms with Crippen LogP contribution in [0.15, 0.2) is 218 Å². The molecule has 0 radical (unpaired) electrons. The van der Waals surface area contributed by atoms with E-state index in [0.717, 1.165) is 104 Å². The van der Waals surface area contributed by atoms with E-state index in [0.29, 0.717) is 231 Å². The smallest absolute Gasteiger partial charge is 0.161 e. The molecule has 9 aliphatic heterocycles. The molecule has 22 nitrogen and oxygen atoms in total. The number of allylic oxidation sites excluding steroid dienone is 4. The summed E-state index contributed by atoms with van der Waals surface area (Å²) >= 11 is 0. The Labute approximate surface area is 791 Å². The van der Waals surface area contributed by atoms with Crippen molar-refractivity contribution in [3.05, 3.63) is 263 Å². The molecule has 760 valence electrons. The van der Waals surface area contributed by atoms with Gasteiger partial charge in [-0.15, -0.1) is 0 Å². The second kappa shape index (κ2) is 64.4. The minimum Gasteiger partial charge on any atom is -0.487 e. The number of para-hydroxylation sites is 8. The first-order chi connectivity index (χ1) is 65.6. The molecule has 0 unspecified atom stereocenters. The van der Waals surface area contributed by atoms with Crippen LogP contribution in [-0.4, -0.2) is 185 Å². The normalized spacial score (nSPS) is 19.2. The van der Waals surface area contributed by atoms with Crippen molar-refractivity contribution in [2.24, 2.45) is 0 Å². The molecule has 136 heavy (non-hydrogen) atoms. The zero-order chi connectivity index (χ0) is 97.0. The number of benzene rings is 8. The molecular weight excluding hydrogens is 1840 g/mol. The van der Waals surface area contributed by atoms with Gasteiger partial charge in [0.15, 0.2) is 46.0 Å². The average Bonchev–Trinajstić information content (AvgIpc) is 0.792. The largest absolute Gasteiger partial charge is 0.487 e. The summed E-state index contributed by atoms with van der Waals surface area (Å²) in [6, 6.07) is 65.8. The fourth-order valence-electron chi connectivity index (χ4n) is 12.7. The summed E-state index contributed by atoms with van der Waals surface area (Å²) in [7, 11) is -21.3. The minimum absolute atomic E-state index is 0.425. The number of nitrogens with two attached hydrogens (primary N) is 2. The van der Waals surface area contributed by atoms with Gasteiger partial charge in [-0.1, -0.05) is 170 Å². The molecule has 17 rings (SSSR count). The Balaban J connectivity index is 0.000000274. The van der Waals surface area contributed by atoms with Crippen molar-refractivity contribution in [1.82, 2.24) is 0 Å². The zero-order valence-electron chi connectivity index (χ0n) is 77.5. The molecule has 0 saturated carbocycles. The quantitative estimate of drug-likeness (QED) is 0.0819. The summed E-state index contributed by atoms with van der Waals surface area (Å²) in [5.41, 5.74) is 10.4. The molecule has 0 saturated heterocycles. The molecule has 0 aromatic heterocycles. The molecular formula is C100H136F12N2O20P2. The zero-order valence-corrected chi connectivity index (χ0v) is 79.3. The minimum atomic E-state index is -10.7. The molecule has 0 spiro atoms. The summed E-state index contributed by atoms with van der Waals surface area (Å²) in [4.78, 5) is 0. The topological polar surface area (TPSA) is 218 Å². The first kappa shape index (κ1) is 114. The summed E-state index contributed by atoms with van der Waals surface area (Å²) in [5.74, 6) is 5.46. The van der Waals surface area contributed by atoms with Crippen molar-refractivity contribution in [3.63, 3.8) is 0 Å². The Morgan fingerprint density at radius 2 is 0.301 bits per heavy atom. The molecule has 8 aromatic carbocycles. The molecule has 8 bridgehead atoms. The standard InChI is InChI=1S/C52H70N2O4.2C24H32O8.2F6P/c1-2-6-10-14-34-56-42-50-27-19-46(20-28-50)38-54-40-48-23-31-52(32-24-48)44-58-36-16-12-8-4-3-7-11-15-35-57-43-51-29-21-47(22-30-51)39-53-37-45-17-25-49(26-18-45)41-55-33-13-9-5-1;2*1-2-6-22-21(5-1)29-17-13-25-9-10-27-15-19-31-23-7-3-4-8-24(23)32-20-16-28-12-11-26-14-18-30-22;2*1-7(2,3,4,5)6/h1-4,17-32,53-54H,5-16,33-44H2;2*1-8H,9-20H2;;/q;;;2*-1/p+2/b2-1+,4-3+;;;;. The number of hydrogen-bond acceptors (Lipinski definition) is 20. The third-order valence-corrected chi connectivity index (χ3v) is 19.4. The Hall–Kier alpha value is -8.90. The van der Waals surface area contributed by atoms with Crippen molar-refractivity contribution in [2.75, 3.05) is 185 Å². The third kappa shape index (κ3) is 64.3. The summed E-state index contributed by atoms with van der Waals surface area (Å²) < 4.78 is 233. The maximum atomic E-state index is 9.87. The van der Waals surface area contributed by atoms with E-state index in [2.05, 4.69) is 132 Å². The fraction of sp³-hybridized carbons (Fsp3) is 0.480. The van der Waals surface area contributed by atoms with Crippen LogP contribution in [0.5, 0.6) is 46.0 Å². The van der Waals surface area contributed by atoms with E-state index in [1.165, 1.54) is 70.2 Å². The van der Waals surface area contributed by atoms with Crippen LogP contribution in [-0.2, 0) is 109 Å². The van der Waals surface area contributed by atoms with Crippen LogP contribution >= 0.6 is 15.6 Å². The van der Waals surface area contributed by atoms with Crippen molar-refractivity contribution < 1.29 is 156 Å². The number of quaternary nitrogens is 2. The van der Waals surface area contributed by atoms with Gasteiger partial charge in [-0.05, 0) is 148 Å². The summed E-state index contributed by atoms with van der Waals surface area (Å²) in [6.07, 6.45) is 22.9. The molecule has 9 aliphatic rings. The second-order valence-electron chi connectivity index (χ2n) is 31.2. The van der Waals surface area contributed by atoms with E-state index < -0.39 is 15.6 Å². The van der Waals surface area contributed by atoms with E-state index in [4.69, 9.17) is 94.7 Å². The first-order valence-electron chi connectivity index (χ1n) is 46.3. The van der Waals surface area contributed by atoms with Gasteiger partial charge in [-0.3, -0.25) is 0 Å². The van der Waals surface area contributed by atoms with Gasteiger partial charge < -0.3 is 105 Å². The van der Waals surface area contributed by atoms with E-state index in [-0.39, 0.29) is 0 Å². The molecule has 4 N–H and O–H groups in total. The van der Waals surface area contributed by atoms with E-state index in [1.807, 2.05) is 97.1 Å². The van der Waals surface area contributed by atoms with Crippen LogP contribution in [0, 0.1) is 0 Å². The average molecular weight is 1980 g/mol. The molecule has 8 aromatic rings.